The molecule has 0 amide bonds. The summed E-state index contributed by atoms with van der Waals surface area (Å²) in [6, 6.07) is 15.7. The molecule has 0 radical (unpaired) electrons. The Balaban J connectivity index is 2.52. The van der Waals surface area contributed by atoms with Crippen LogP contribution in [0, 0.1) is 0 Å². The fourth-order valence-electron chi connectivity index (χ4n) is 2.54. The minimum atomic E-state index is -0.812. The van der Waals surface area contributed by atoms with Gasteiger partial charge in [0.05, 0.1) is 13.5 Å². The molecule has 110 valence electrons. The second-order valence-electron chi connectivity index (χ2n) is 4.99. The van der Waals surface area contributed by atoms with E-state index < -0.39 is 5.97 Å². The van der Waals surface area contributed by atoms with Gasteiger partial charge in [-0.05, 0) is 23.6 Å². The van der Waals surface area contributed by atoms with Crippen LogP contribution in [0.25, 0.3) is 0 Å². The van der Waals surface area contributed by atoms with Crippen molar-refractivity contribution in [1.82, 2.24) is 0 Å². The Hall–Kier alpha value is -2.29. The number of aliphatic carboxylic acids is 1. The smallest absolute Gasteiger partial charge is 0.304 e. The van der Waals surface area contributed by atoms with Crippen LogP contribution in [-0.4, -0.2) is 18.2 Å². The number of carboxylic acid groups (broad SMARTS) is 1. The lowest BCUT2D eigenvalue weighted by Gasteiger charge is -2.20. The minimum absolute atomic E-state index is 0.0491. The number of carboxylic acids is 1. The Labute approximate surface area is 125 Å². The van der Waals surface area contributed by atoms with Crippen LogP contribution in [0.3, 0.4) is 0 Å². The van der Waals surface area contributed by atoms with Gasteiger partial charge in [0.25, 0.3) is 0 Å². The molecule has 2 aromatic carbocycles. The third-order valence-corrected chi connectivity index (χ3v) is 3.66. The molecule has 0 aliphatic heterocycles. The van der Waals surface area contributed by atoms with Gasteiger partial charge in [-0.25, -0.2) is 0 Å². The summed E-state index contributed by atoms with van der Waals surface area (Å²) in [4.78, 5) is 11.3. The molecule has 1 N–H and O–H groups in total. The zero-order valence-electron chi connectivity index (χ0n) is 12.4. The van der Waals surface area contributed by atoms with E-state index in [0.717, 1.165) is 23.3 Å². The van der Waals surface area contributed by atoms with Crippen LogP contribution in [0.15, 0.2) is 48.5 Å². The highest BCUT2D eigenvalue weighted by Crippen LogP contribution is 2.35. The van der Waals surface area contributed by atoms with Gasteiger partial charge in [-0.1, -0.05) is 49.4 Å². The Morgan fingerprint density at radius 2 is 1.90 bits per heavy atom. The number of aryl methyl sites for hydroxylation is 1. The zero-order chi connectivity index (χ0) is 15.2. The third-order valence-electron chi connectivity index (χ3n) is 3.66. The van der Waals surface area contributed by atoms with E-state index in [2.05, 4.69) is 13.0 Å². The fraction of sp³-hybridized carbons (Fsp3) is 0.278. The lowest BCUT2D eigenvalue weighted by molar-refractivity contribution is -0.137. The topological polar surface area (TPSA) is 46.5 Å². The first kappa shape index (κ1) is 15.1. The van der Waals surface area contributed by atoms with E-state index in [0.29, 0.717) is 0 Å². The average molecular weight is 284 g/mol. The zero-order valence-corrected chi connectivity index (χ0v) is 12.4. The molecule has 3 heteroatoms. The predicted octanol–water partition coefficient (Wildman–Crippen LogP) is 3.86. The van der Waals surface area contributed by atoms with E-state index in [4.69, 9.17) is 4.74 Å². The predicted molar refractivity (Wildman–Crippen MR) is 82.9 cm³/mol. The fourth-order valence-corrected chi connectivity index (χ4v) is 2.54. The van der Waals surface area contributed by atoms with Crippen molar-refractivity contribution in [2.24, 2.45) is 0 Å². The molecule has 1 atom stereocenters. The first-order valence-corrected chi connectivity index (χ1v) is 7.09. The molecule has 0 fully saturated rings. The van der Waals surface area contributed by atoms with Crippen LogP contribution >= 0.6 is 0 Å². The van der Waals surface area contributed by atoms with Crippen molar-refractivity contribution in [3.05, 3.63) is 65.2 Å². The van der Waals surface area contributed by atoms with Crippen LogP contribution < -0.4 is 4.74 Å². The van der Waals surface area contributed by atoms with Gasteiger partial charge in [-0.2, -0.15) is 0 Å². The second kappa shape index (κ2) is 6.93. The maximum Gasteiger partial charge on any atom is 0.304 e. The maximum atomic E-state index is 11.3. The van der Waals surface area contributed by atoms with Gasteiger partial charge in [0, 0.05) is 11.5 Å². The highest BCUT2D eigenvalue weighted by Gasteiger charge is 2.21. The van der Waals surface area contributed by atoms with Crippen LogP contribution in [0.2, 0.25) is 0 Å². The van der Waals surface area contributed by atoms with E-state index >= 15 is 0 Å². The van der Waals surface area contributed by atoms with Crippen molar-refractivity contribution in [2.75, 3.05) is 7.11 Å². The second-order valence-corrected chi connectivity index (χ2v) is 4.99. The molecule has 0 aromatic heterocycles. The Morgan fingerprint density at radius 3 is 2.48 bits per heavy atom. The summed E-state index contributed by atoms with van der Waals surface area (Å²) >= 11 is 0. The van der Waals surface area contributed by atoms with E-state index in [-0.39, 0.29) is 12.3 Å². The van der Waals surface area contributed by atoms with Gasteiger partial charge in [0.1, 0.15) is 5.75 Å². The summed E-state index contributed by atoms with van der Waals surface area (Å²) in [6.45, 7) is 2.08. The molecule has 1 unspecified atom stereocenters. The van der Waals surface area contributed by atoms with E-state index in [1.54, 1.807) is 7.11 Å². The molecule has 0 saturated carbocycles. The first-order chi connectivity index (χ1) is 10.2. The van der Waals surface area contributed by atoms with Gasteiger partial charge < -0.3 is 9.84 Å². The van der Waals surface area contributed by atoms with Crippen molar-refractivity contribution in [2.45, 2.75) is 25.7 Å². The van der Waals surface area contributed by atoms with Crippen LogP contribution in [0.5, 0.6) is 5.75 Å². The largest absolute Gasteiger partial charge is 0.496 e. The average Bonchev–Trinajstić information content (AvgIpc) is 2.52. The number of rotatable bonds is 6. The SMILES string of the molecule is CCc1ccc(OC)c(C(CC(=O)O)c2ccccc2)c1. The molecule has 0 spiro atoms. The Bertz CT molecular complexity index is 605. The monoisotopic (exact) mass is 284 g/mol. The molecule has 2 rings (SSSR count). The number of carbonyl (C=O) groups is 1. The lowest BCUT2D eigenvalue weighted by Crippen LogP contribution is -2.09. The van der Waals surface area contributed by atoms with Gasteiger partial charge in [-0.15, -0.1) is 0 Å². The Kier molecular flexibility index (Phi) is 4.99. The van der Waals surface area contributed by atoms with Crippen molar-refractivity contribution >= 4 is 5.97 Å². The van der Waals surface area contributed by atoms with E-state index in [1.807, 2.05) is 42.5 Å². The number of methoxy groups -OCH3 is 1. The molecule has 0 aliphatic rings. The van der Waals surface area contributed by atoms with Crippen molar-refractivity contribution in [3.63, 3.8) is 0 Å². The van der Waals surface area contributed by atoms with Gasteiger partial charge in [0.2, 0.25) is 0 Å². The molecular formula is C18H20O3. The molecule has 0 aliphatic carbocycles. The van der Waals surface area contributed by atoms with Gasteiger partial charge in [-0.3, -0.25) is 4.79 Å². The molecule has 0 bridgehead atoms. The van der Waals surface area contributed by atoms with Gasteiger partial charge >= 0.3 is 5.97 Å². The summed E-state index contributed by atoms with van der Waals surface area (Å²) in [6.07, 6.45) is 0.957. The number of hydrogen-bond donors (Lipinski definition) is 1. The van der Waals surface area contributed by atoms with Crippen LogP contribution in [0.1, 0.15) is 36.0 Å². The lowest BCUT2D eigenvalue weighted by atomic mass is 9.87. The summed E-state index contributed by atoms with van der Waals surface area (Å²) in [5.41, 5.74) is 3.11. The number of hydrogen-bond acceptors (Lipinski definition) is 2. The maximum absolute atomic E-state index is 11.3. The van der Waals surface area contributed by atoms with E-state index in [9.17, 15) is 9.90 Å². The minimum Gasteiger partial charge on any atom is -0.496 e. The number of benzene rings is 2. The van der Waals surface area contributed by atoms with Crippen molar-refractivity contribution in [3.8, 4) is 5.75 Å². The third kappa shape index (κ3) is 3.63. The molecule has 0 heterocycles. The number of ether oxygens (including phenoxy) is 1. The van der Waals surface area contributed by atoms with Crippen molar-refractivity contribution < 1.29 is 14.6 Å². The molecule has 21 heavy (non-hydrogen) atoms. The molecular weight excluding hydrogens is 264 g/mol. The van der Waals surface area contributed by atoms with Crippen LogP contribution in [0.4, 0.5) is 0 Å². The normalized spacial score (nSPS) is 11.9. The van der Waals surface area contributed by atoms with Gasteiger partial charge in [0.15, 0.2) is 0 Å². The Morgan fingerprint density at radius 1 is 1.19 bits per heavy atom. The summed E-state index contributed by atoms with van der Waals surface area (Å²) < 4.78 is 5.44. The molecule has 2 aromatic rings. The van der Waals surface area contributed by atoms with E-state index in [1.165, 1.54) is 5.56 Å². The summed E-state index contributed by atoms with van der Waals surface area (Å²) in [5.74, 6) is -0.278. The van der Waals surface area contributed by atoms with Crippen molar-refractivity contribution in [1.29, 1.82) is 0 Å². The highest BCUT2D eigenvalue weighted by molar-refractivity contribution is 5.69. The highest BCUT2D eigenvalue weighted by atomic mass is 16.5. The standard InChI is InChI=1S/C18H20O3/c1-3-13-9-10-17(21-2)16(11-13)15(12-18(19)20)14-7-5-4-6-8-14/h4-11,15H,3,12H2,1-2H3,(H,19,20). The molecule has 3 nitrogen and oxygen atoms in total. The van der Waals surface area contributed by atoms with Crippen LogP contribution in [-0.2, 0) is 11.2 Å². The summed E-state index contributed by atoms with van der Waals surface area (Å²) in [5, 5.41) is 9.26. The summed E-state index contributed by atoms with van der Waals surface area (Å²) in [7, 11) is 1.62. The first-order valence-electron chi connectivity index (χ1n) is 7.09. The quantitative estimate of drug-likeness (QED) is 0.876. The molecule has 0 saturated heterocycles.